The van der Waals surface area contributed by atoms with Crippen molar-refractivity contribution >= 4 is 38.8 Å². The van der Waals surface area contributed by atoms with Crippen molar-refractivity contribution in [2.75, 3.05) is 20.1 Å². The zero-order valence-electron chi connectivity index (χ0n) is 15.6. The minimum absolute atomic E-state index is 0.474. The highest BCUT2D eigenvalue weighted by molar-refractivity contribution is 7.80. The van der Waals surface area contributed by atoms with Crippen molar-refractivity contribution in [3.63, 3.8) is 0 Å². The first kappa shape index (κ1) is 18.4. The fourth-order valence-electron chi connectivity index (χ4n) is 3.68. The molecule has 0 saturated heterocycles. The number of nitrogens with one attached hydrogen (secondary N) is 2. The quantitative estimate of drug-likeness (QED) is 0.640. The molecular formula is C22H25N3S2. The van der Waals surface area contributed by atoms with E-state index in [1.54, 1.807) is 0 Å². The molecule has 140 valence electrons. The first-order chi connectivity index (χ1) is 13.2. The number of thiophene rings is 1. The molecule has 0 amide bonds. The number of likely N-dealkylation sites (N-methyl/N-ethyl adjacent to an activating group) is 1. The van der Waals surface area contributed by atoms with Gasteiger partial charge in [0, 0.05) is 35.3 Å². The van der Waals surface area contributed by atoms with Gasteiger partial charge >= 0.3 is 0 Å². The third-order valence-electron chi connectivity index (χ3n) is 5.25. The van der Waals surface area contributed by atoms with Gasteiger partial charge in [0.05, 0.1) is 0 Å². The Labute approximate surface area is 170 Å². The van der Waals surface area contributed by atoms with Crippen molar-refractivity contribution < 1.29 is 0 Å². The highest BCUT2D eigenvalue weighted by Gasteiger charge is 2.22. The maximum atomic E-state index is 5.48. The van der Waals surface area contributed by atoms with Gasteiger partial charge in [0.15, 0.2) is 5.11 Å². The molecule has 3 nitrogen and oxygen atoms in total. The Kier molecular flexibility index (Phi) is 5.72. The minimum Gasteiger partial charge on any atom is -0.362 e. The molecule has 1 aliphatic heterocycles. The van der Waals surface area contributed by atoms with Crippen LogP contribution in [0.25, 0.3) is 10.1 Å². The molecule has 1 atom stereocenters. The van der Waals surface area contributed by atoms with E-state index >= 15 is 0 Å². The van der Waals surface area contributed by atoms with Gasteiger partial charge in [0.1, 0.15) is 0 Å². The van der Waals surface area contributed by atoms with Crippen LogP contribution in [-0.4, -0.2) is 36.2 Å². The molecule has 0 aliphatic carbocycles. The summed E-state index contributed by atoms with van der Waals surface area (Å²) in [4.78, 5) is 3.81. The third kappa shape index (κ3) is 4.49. The van der Waals surface area contributed by atoms with Gasteiger partial charge in [0.2, 0.25) is 0 Å². The standard InChI is InChI=1S/C22H25N3S2/c1-25-15-18-8-3-2-6-16(18)12-19(25)14-24-22(26)23-11-10-20-13-17-7-4-5-9-21(17)27-20/h2-9,13,19H,10-12,14-15H2,1H3,(H2,23,24,26). The van der Waals surface area contributed by atoms with Crippen LogP contribution in [0.4, 0.5) is 0 Å². The molecule has 3 aromatic rings. The maximum Gasteiger partial charge on any atom is 0.166 e. The second kappa shape index (κ2) is 8.38. The van der Waals surface area contributed by atoms with Crippen molar-refractivity contribution in [1.82, 2.24) is 15.5 Å². The summed E-state index contributed by atoms with van der Waals surface area (Å²) in [6, 6.07) is 20.0. The minimum atomic E-state index is 0.474. The molecule has 4 rings (SSSR count). The van der Waals surface area contributed by atoms with Gasteiger partial charge < -0.3 is 10.6 Å². The van der Waals surface area contributed by atoms with Crippen molar-refractivity contribution in [1.29, 1.82) is 0 Å². The molecular weight excluding hydrogens is 370 g/mol. The van der Waals surface area contributed by atoms with Crippen LogP contribution >= 0.6 is 23.6 Å². The zero-order chi connectivity index (χ0) is 18.6. The van der Waals surface area contributed by atoms with Crippen LogP contribution < -0.4 is 10.6 Å². The lowest BCUT2D eigenvalue weighted by Crippen LogP contribution is -2.47. The lowest BCUT2D eigenvalue weighted by molar-refractivity contribution is 0.216. The van der Waals surface area contributed by atoms with E-state index in [-0.39, 0.29) is 0 Å². The molecule has 1 aromatic heterocycles. The van der Waals surface area contributed by atoms with Gasteiger partial charge in [-0.05, 0) is 60.8 Å². The number of benzene rings is 2. The number of rotatable bonds is 5. The Hall–Kier alpha value is -1.95. The lowest BCUT2D eigenvalue weighted by Gasteiger charge is -2.34. The molecule has 27 heavy (non-hydrogen) atoms. The highest BCUT2D eigenvalue weighted by atomic mass is 32.1. The van der Waals surface area contributed by atoms with Gasteiger partial charge in [-0.25, -0.2) is 0 Å². The Morgan fingerprint density at radius 1 is 1.11 bits per heavy atom. The van der Waals surface area contributed by atoms with Crippen LogP contribution in [0.2, 0.25) is 0 Å². The average Bonchev–Trinajstić information content (AvgIpc) is 3.09. The maximum absolute atomic E-state index is 5.48. The van der Waals surface area contributed by atoms with E-state index in [9.17, 15) is 0 Å². The topological polar surface area (TPSA) is 27.3 Å². The molecule has 0 fully saturated rings. The summed E-state index contributed by atoms with van der Waals surface area (Å²) >= 11 is 7.35. The predicted molar refractivity (Wildman–Crippen MR) is 120 cm³/mol. The Morgan fingerprint density at radius 2 is 1.89 bits per heavy atom. The van der Waals surface area contributed by atoms with Gasteiger partial charge in [-0.1, -0.05) is 42.5 Å². The molecule has 2 N–H and O–H groups in total. The lowest BCUT2D eigenvalue weighted by atomic mass is 9.94. The molecule has 2 heterocycles. The van der Waals surface area contributed by atoms with E-state index in [1.807, 2.05) is 11.3 Å². The number of thiocarbonyl (C=S) groups is 1. The van der Waals surface area contributed by atoms with E-state index in [0.29, 0.717) is 6.04 Å². The molecule has 0 radical (unpaired) electrons. The van der Waals surface area contributed by atoms with E-state index in [4.69, 9.17) is 12.2 Å². The van der Waals surface area contributed by atoms with Crippen LogP contribution in [0, 0.1) is 0 Å². The van der Waals surface area contributed by atoms with E-state index in [1.165, 1.54) is 26.1 Å². The number of nitrogens with zero attached hydrogens (tertiary/aromatic N) is 1. The van der Waals surface area contributed by atoms with Gasteiger partial charge in [0.25, 0.3) is 0 Å². The smallest absolute Gasteiger partial charge is 0.166 e. The predicted octanol–water partition coefficient (Wildman–Crippen LogP) is 3.96. The SMILES string of the molecule is CN1Cc2ccccc2CC1CNC(=S)NCCc1cc2ccccc2s1. The summed E-state index contributed by atoms with van der Waals surface area (Å²) in [6.07, 6.45) is 2.07. The van der Waals surface area contributed by atoms with Gasteiger partial charge in [-0.15, -0.1) is 11.3 Å². The zero-order valence-corrected chi connectivity index (χ0v) is 17.2. The first-order valence-electron chi connectivity index (χ1n) is 9.45. The summed E-state index contributed by atoms with van der Waals surface area (Å²) in [7, 11) is 2.19. The Bertz CT molecular complexity index is 901. The van der Waals surface area contributed by atoms with E-state index in [2.05, 4.69) is 77.2 Å². The fraction of sp³-hybridized carbons (Fsp3) is 0.318. The molecule has 0 bridgehead atoms. The van der Waals surface area contributed by atoms with Gasteiger partial charge in [-0.3, -0.25) is 4.90 Å². The van der Waals surface area contributed by atoms with E-state index in [0.717, 1.165) is 37.6 Å². The van der Waals surface area contributed by atoms with Crippen LogP contribution in [-0.2, 0) is 19.4 Å². The van der Waals surface area contributed by atoms with Crippen LogP contribution in [0.5, 0.6) is 0 Å². The second-order valence-electron chi connectivity index (χ2n) is 7.18. The van der Waals surface area contributed by atoms with Gasteiger partial charge in [-0.2, -0.15) is 0 Å². The summed E-state index contributed by atoms with van der Waals surface area (Å²) < 4.78 is 1.36. The van der Waals surface area contributed by atoms with E-state index < -0.39 is 0 Å². The first-order valence-corrected chi connectivity index (χ1v) is 10.7. The van der Waals surface area contributed by atoms with Crippen LogP contribution in [0.1, 0.15) is 16.0 Å². The summed E-state index contributed by atoms with van der Waals surface area (Å²) in [5.41, 5.74) is 2.91. The van der Waals surface area contributed by atoms with Crippen LogP contribution in [0.3, 0.4) is 0 Å². The van der Waals surface area contributed by atoms with Crippen molar-refractivity contribution in [3.05, 3.63) is 70.6 Å². The molecule has 0 spiro atoms. The summed E-state index contributed by atoms with van der Waals surface area (Å²) in [5.74, 6) is 0. The average molecular weight is 396 g/mol. The monoisotopic (exact) mass is 395 g/mol. The molecule has 1 aliphatic rings. The molecule has 5 heteroatoms. The largest absolute Gasteiger partial charge is 0.362 e. The molecule has 1 unspecified atom stereocenters. The molecule has 2 aromatic carbocycles. The van der Waals surface area contributed by atoms with Crippen LogP contribution in [0.15, 0.2) is 54.6 Å². The highest BCUT2D eigenvalue weighted by Crippen LogP contribution is 2.25. The fourth-order valence-corrected chi connectivity index (χ4v) is 4.93. The molecule has 0 saturated carbocycles. The van der Waals surface area contributed by atoms with Crippen molar-refractivity contribution in [2.45, 2.75) is 25.4 Å². The second-order valence-corrected chi connectivity index (χ2v) is 8.76. The van der Waals surface area contributed by atoms with Crippen molar-refractivity contribution in [2.24, 2.45) is 0 Å². The number of hydrogen-bond donors (Lipinski definition) is 2. The number of hydrogen-bond acceptors (Lipinski definition) is 3. The Balaban J connectivity index is 1.23. The summed E-state index contributed by atoms with van der Waals surface area (Å²) in [6.45, 7) is 2.75. The van der Waals surface area contributed by atoms with Crippen molar-refractivity contribution in [3.8, 4) is 0 Å². The summed E-state index contributed by atoms with van der Waals surface area (Å²) in [5, 5.41) is 8.85. The normalized spacial score (nSPS) is 16.9. The third-order valence-corrected chi connectivity index (χ3v) is 6.71. The number of fused-ring (bicyclic) bond motifs is 2. The Morgan fingerprint density at radius 3 is 2.74 bits per heavy atom.